The average molecular weight is 247 g/mol. The number of aryl methyl sites for hydroxylation is 1. The summed E-state index contributed by atoms with van der Waals surface area (Å²) < 4.78 is 0. The van der Waals surface area contributed by atoms with E-state index in [9.17, 15) is 0 Å². The number of nitrogens with one attached hydrogen (secondary N) is 1. The summed E-state index contributed by atoms with van der Waals surface area (Å²) in [4.78, 5) is 6.48. The molecule has 0 atom stereocenters. The molecular weight excluding hydrogens is 222 g/mol. The largest absolute Gasteiger partial charge is 0.352 e. The number of rotatable bonds is 5. The molecule has 1 rings (SSSR count). The molecule has 0 aliphatic rings. The van der Waals surface area contributed by atoms with Gasteiger partial charge in [-0.05, 0) is 18.9 Å². The summed E-state index contributed by atoms with van der Waals surface area (Å²) >= 11 is 0. The van der Waals surface area contributed by atoms with Gasteiger partial charge in [0.25, 0.3) is 0 Å². The van der Waals surface area contributed by atoms with Crippen LogP contribution in [0.3, 0.4) is 0 Å². The van der Waals surface area contributed by atoms with E-state index in [0.29, 0.717) is 0 Å². The quantitative estimate of drug-likeness (QED) is 0.640. The summed E-state index contributed by atoms with van der Waals surface area (Å²) in [6, 6.07) is 8.59. The molecular formula is C15H25N3. The molecule has 1 aromatic carbocycles. The molecule has 0 saturated heterocycles. The van der Waals surface area contributed by atoms with Gasteiger partial charge >= 0.3 is 0 Å². The monoisotopic (exact) mass is 247 g/mol. The number of benzene rings is 1. The van der Waals surface area contributed by atoms with Crippen molar-refractivity contribution in [3.63, 3.8) is 0 Å². The summed E-state index contributed by atoms with van der Waals surface area (Å²) in [7, 11) is 3.92. The van der Waals surface area contributed by atoms with E-state index in [-0.39, 0.29) is 0 Å². The zero-order chi connectivity index (χ0) is 13.4. The van der Waals surface area contributed by atoms with E-state index >= 15 is 0 Å². The van der Waals surface area contributed by atoms with Crippen LogP contribution in [0.1, 0.15) is 30.9 Å². The summed E-state index contributed by atoms with van der Waals surface area (Å²) in [6.45, 7) is 6.18. The van der Waals surface area contributed by atoms with Gasteiger partial charge in [-0.2, -0.15) is 0 Å². The lowest BCUT2D eigenvalue weighted by Gasteiger charge is -2.21. The van der Waals surface area contributed by atoms with Crippen LogP contribution in [-0.4, -0.2) is 31.5 Å². The van der Waals surface area contributed by atoms with Gasteiger partial charge in [0.1, 0.15) is 0 Å². The van der Waals surface area contributed by atoms with Crippen LogP contribution >= 0.6 is 0 Å². The lowest BCUT2D eigenvalue weighted by molar-refractivity contribution is 0.464. The van der Waals surface area contributed by atoms with E-state index in [4.69, 9.17) is 0 Å². The summed E-state index contributed by atoms with van der Waals surface area (Å²) in [6.07, 6.45) is 2.40. The normalized spacial score (nSPS) is 11.4. The number of guanidine groups is 1. The topological polar surface area (TPSA) is 27.6 Å². The Morgan fingerprint density at radius 3 is 2.50 bits per heavy atom. The minimum Gasteiger partial charge on any atom is -0.352 e. The van der Waals surface area contributed by atoms with Crippen LogP contribution in [0.2, 0.25) is 0 Å². The maximum absolute atomic E-state index is 4.30. The molecule has 0 amide bonds. The van der Waals surface area contributed by atoms with Crippen LogP contribution in [-0.2, 0) is 6.54 Å². The van der Waals surface area contributed by atoms with Crippen LogP contribution in [0.15, 0.2) is 29.3 Å². The van der Waals surface area contributed by atoms with Crippen molar-refractivity contribution in [2.75, 3.05) is 20.6 Å². The van der Waals surface area contributed by atoms with Gasteiger partial charge in [0.2, 0.25) is 0 Å². The fourth-order valence-corrected chi connectivity index (χ4v) is 1.77. The van der Waals surface area contributed by atoms with Gasteiger partial charge < -0.3 is 10.2 Å². The molecule has 3 heteroatoms. The highest BCUT2D eigenvalue weighted by Gasteiger charge is 2.04. The Hall–Kier alpha value is -1.51. The van der Waals surface area contributed by atoms with Crippen molar-refractivity contribution >= 4 is 5.96 Å². The Bertz CT molecular complexity index is 368. The van der Waals surface area contributed by atoms with E-state index in [2.05, 4.69) is 60.4 Å². The molecule has 0 heterocycles. The lowest BCUT2D eigenvalue weighted by Crippen LogP contribution is -2.38. The summed E-state index contributed by atoms with van der Waals surface area (Å²) in [5.74, 6) is 0.962. The van der Waals surface area contributed by atoms with Crippen molar-refractivity contribution in [1.82, 2.24) is 10.2 Å². The Labute approximate surface area is 111 Å². The second-order valence-corrected chi connectivity index (χ2v) is 4.66. The van der Waals surface area contributed by atoms with E-state index in [1.807, 2.05) is 7.05 Å². The fraction of sp³-hybridized carbons (Fsp3) is 0.533. The van der Waals surface area contributed by atoms with Gasteiger partial charge in [-0.15, -0.1) is 0 Å². The first-order valence-electron chi connectivity index (χ1n) is 6.64. The molecule has 0 fully saturated rings. The van der Waals surface area contributed by atoms with E-state index in [1.54, 1.807) is 0 Å². The smallest absolute Gasteiger partial charge is 0.193 e. The van der Waals surface area contributed by atoms with Crippen molar-refractivity contribution in [2.24, 2.45) is 4.99 Å². The van der Waals surface area contributed by atoms with Gasteiger partial charge in [0, 0.05) is 27.2 Å². The third kappa shape index (κ3) is 4.78. The SMILES string of the molecule is CCCCN(C)C(=NC)NCc1ccc(C)cc1. The predicted octanol–water partition coefficient (Wildman–Crippen LogP) is 2.80. The van der Waals surface area contributed by atoms with E-state index in [1.165, 1.54) is 24.0 Å². The third-order valence-corrected chi connectivity index (χ3v) is 2.99. The summed E-state index contributed by atoms with van der Waals surface area (Å²) in [5, 5.41) is 3.39. The van der Waals surface area contributed by atoms with Gasteiger partial charge in [0.05, 0.1) is 0 Å². The number of unbranched alkanes of at least 4 members (excludes halogenated alkanes) is 1. The molecule has 0 aliphatic carbocycles. The Balaban J connectivity index is 2.47. The fourth-order valence-electron chi connectivity index (χ4n) is 1.77. The van der Waals surface area contributed by atoms with Crippen molar-refractivity contribution in [1.29, 1.82) is 0 Å². The second-order valence-electron chi connectivity index (χ2n) is 4.66. The standard InChI is InChI=1S/C15H25N3/c1-5-6-11-18(4)15(16-3)17-12-14-9-7-13(2)8-10-14/h7-10H,5-6,11-12H2,1-4H3,(H,16,17). The number of nitrogens with zero attached hydrogens (tertiary/aromatic N) is 2. The highest BCUT2D eigenvalue weighted by Crippen LogP contribution is 2.03. The van der Waals surface area contributed by atoms with Crippen LogP contribution in [0.4, 0.5) is 0 Å². The van der Waals surface area contributed by atoms with Gasteiger partial charge in [0.15, 0.2) is 5.96 Å². The molecule has 0 unspecified atom stereocenters. The molecule has 0 spiro atoms. The third-order valence-electron chi connectivity index (χ3n) is 2.99. The van der Waals surface area contributed by atoms with Crippen molar-refractivity contribution in [3.8, 4) is 0 Å². The van der Waals surface area contributed by atoms with Crippen molar-refractivity contribution in [2.45, 2.75) is 33.2 Å². The minimum absolute atomic E-state index is 0.823. The Kier molecular flexibility index (Phi) is 6.26. The molecule has 3 nitrogen and oxygen atoms in total. The zero-order valence-electron chi connectivity index (χ0n) is 12.0. The maximum Gasteiger partial charge on any atom is 0.193 e. The number of hydrogen-bond donors (Lipinski definition) is 1. The van der Waals surface area contributed by atoms with Crippen molar-refractivity contribution < 1.29 is 0 Å². The molecule has 100 valence electrons. The first-order chi connectivity index (χ1) is 8.67. The maximum atomic E-state index is 4.30. The van der Waals surface area contributed by atoms with Crippen LogP contribution < -0.4 is 5.32 Å². The van der Waals surface area contributed by atoms with E-state index in [0.717, 1.165) is 19.0 Å². The average Bonchev–Trinajstić information content (AvgIpc) is 2.39. The molecule has 0 aliphatic heterocycles. The van der Waals surface area contributed by atoms with Crippen molar-refractivity contribution in [3.05, 3.63) is 35.4 Å². The minimum atomic E-state index is 0.823. The lowest BCUT2D eigenvalue weighted by atomic mass is 10.1. The Morgan fingerprint density at radius 1 is 1.28 bits per heavy atom. The Morgan fingerprint density at radius 2 is 1.94 bits per heavy atom. The molecule has 0 saturated carbocycles. The number of hydrogen-bond acceptors (Lipinski definition) is 1. The molecule has 1 aromatic rings. The molecule has 0 aromatic heterocycles. The first-order valence-corrected chi connectivity index (χ1v) is 6.64. The summed E-state index contributed by atoms with van der Waals surface area (Å²) in [5.41, 5.74) is 2.58. The van der Waals surface area contributed by atoms with Crippen LogP contribution in [0.5, 0.6) is 0 Å². The molecule has 0 radical (unpaired) electrons. The van der Waals surface area contributed by atoms with Crippen LogP contribution in [0.25, 0.3) is 0 Å². The van der Waals surface area contributed by atoms with Crippen LogP contribution in [0, 0.1) is 6.92 Å². The molecule has 0 bridgehead atoms. The molecule has 1 N–H and O–H groups in total. The highest BCUT2D eigenvalue weighted by molar-refractivity contribution is 5.79. The van der Waals surface area contributed by atoms with Gasteiger partial charge in [-0.25, -0.2) is 0 Å². The predicted molar refractivity (Wildman–Crippen MR) is 78.9 cm³/mol. The molecule has 18 heavy (non-hydrogen) atoms. The number of aliphatic imine (C=N–C) groups is 1. The second kappa shape index (κ2) is 7.75. The van der Waals surface area contributed by atoms with Gasteiger partial charge in [-0.3, -0.25) is 4.99 Å². The van der Waals surface area contributed by atoms with E-state index < -0.39 is 0 Å². The van der Waals surface area contributed by atoms with Gasteiger partial charge in [-0.1, -0.05) is 43.2 Å². The zero-order valence-corrected chi connectivity index (χ0v) is 12.0. The first kappa shape index (κ1) is 14.6. The highest BCUT2D eigenvalue weighted by atomic mass is 15.3.